The lowest BCUT2D eigenvalue weighted by Crippen LogP contribution is -2.08. The van der Waals surface area contributed by atoms with Crippen molar-refractivity contribution < 1.29 is 19.0 Å². The van der Waals surface area contributed by atoms with Crippen LogP contribution >= 0.6 is 0 Å². The largest absolute Gasteiger partial charge is 0.466 e. The zero-order valence-electron chi connectivity index (χ0n) is 11.8. The van der Waals surface area contributed by atoms with Gasteiger partial charge < -0.3 is 14.2 Å². The van der Waals surface area contributed by atoms with E-state index in [1.165, 1.54) is 0 Å². The van der Waals surface area contributed by atoms with Crippen LogP contribution in [-0.4, -0.2) is 19.4 Å². The fourth-order valence-electron chi connectivity index (χ4n) is 2.39. The van der Waals surface area contributed by atoms with Crippen molar-refractivity contribution in [3.05, 3.63) is 48.0 Å². The van der Waals surface area contributed by atoms with Crippen LogP contribution in [-0.2, 0) is 16.0 Å². The van der Waals surface area contributed by atoms with Gasteiger partial charge in [-0.05, 0) is 35.7 Å². The molecule has 0 bridgehead atoms. The summed E-state index contributed by atoms with van der Waals surface area (Å²) in [6.07, 6.45) is 0.262. The summed E-state index contributed by atoms with van der Waals surface area (Å²) in [5.74, 6) is 1.27. The smallest absolute Gasteiger partial charge is 0.310 e. The van der Waals surface area contributed by atoms with E-state index in [1.807, 2.05) is 49.4 Å². The lowest BCUT2D eigenvalue weighted by Gasteiger charge is -2.10. The number of esters is 1. The highest BCUT2D eigenvalue weighted by atomic mass is 16.7. The van der Waals surface area contributed by atoms with Crippen LogP contribution in [0.3, 0.4) is 0 Å². The number of carbonyl (C=O) groups excluding carboxylic acids is 1. The van der Waals surface area contributed by atoms with E-state index in [9.17, 15) is 4.79 Å². The minimum Gasteiger partial charge on any atom is -0.466 e. The van der Waals surface area contributed by atoms with Crippen LogP contribution < -0.4 is 9.47 Å². The molecule has 0 unspecified atom stereocenters. The Kier molecular flexibility index (Phi) is 3.77. The van der Waals surface area contributed by atoms with Gasteiger partial charge in [-0.1, -0.05) is 30.3 Å². The Morgan fingerprint density at radius 1 is 1.14 bits per heavy atom. The van der Waals surface area contributed by atoms with Crippen LogP contribution in [0, 0.1) is 0 Å². The summed E-state index contributed by atoms with van der Waals surface area (Å²) in [7, 11) is 0. The third kappa shape index (κ3) is 2.84. The van der Waals surface area contributed by atoms with E-state index in [-0.39, 0.29) is 19.2 Å². The van der Waals surface area contributed by atoms with Crippen LogP contribution in [0.1, 0.15) is 12.5 Å². The van der Waals surface area contributed by atoms with Crippen molar-refractivity contribution in [1.82, 2.24) is 0 Å². The third-order valence-electron chi connectivity index (χ3n) is 3.34. The first-order valence-corrected chi connectivity index (χ1v) is 6.91. The summed E-state index contributed by atoms with van der Waals surface area (Å²) in [5.41, 5.74) is 2.94. The van der Waals surface area contributed by atoms with Crippen LogP contribution in [0.4, 0.5) is 0 Å². The molecule has 0 aliphatic carbocycles. The Morgan fingerprint density at radius 3 is 2.81 bits per heavy atom. The van der Waals surface area contributed by atoms with Gasteiger partial charge in [0.1, 0.15) is 0 Å². The maximum Gasteiger partial charge on any atom is 0.310 e. The molecule has 4 heteroatoms. The SMILES string of the molecule is CCOC(=O)Cc1ccccc1-c1ccc2c(c1)OCO2. The fourth-order valence-corrected chi connectivity index (χ4v) is 2.39. The zero-order chi connectivity index (χ0) is 14.7. The number of hydrogen-bond acceptors (Lipinski definition) is 4. The van der Waals surface area contributed by atoms with Crippen LogP contribution in [0.15, 0.2) is 42.5 Å². The molecule has 4 nitrogen and oxygen atoms in total. The molecule has 0 aromatic heterocycles. The van der Waals surface area contributed by atoms with Gasteiger partial charge in [0.05, 0.1) is 13.0 Å². The van der Waals surface area contributed by atoms with Crippen molar-refractivity contribution >= 4 is 5.97 Å². The topological polar surface area (TPSA) is 44.8 Å². The highest BCUT2D eigenvalue weighted by Gasteiger charge is 2.16. The number of carbonyl (C=O) groups is 1. The standard InChI is InChI=1S/C17H16O4/c1-2-19-17(18)10-12-5-3-4-6-14(12)13-7-8-15-16(9-13)21-11-20-15/h3-9H,2,10-11H2,1H3. The summed E-state index contributed by atoms with van der Waals surface area (Å²) >= 11 is 0. The number of benzene rings is 2. The zero-order valence-corrected chi connectivity index (χ0v) is 11.8. The normalized spacial score (nSPS) is 12.2. The van der Waals surface area contributed by atoms with E-state index in [0.29, 0.717) is 6.61 Å². The average molecular weight is 284 g/mol. The fraction of sp³-hybridized carbons (Fsp3) is 0.235. The molecule has 0 amide bonds. The Bertz CT molecular complexity index is 664. The summed E-state index contributed by atoms with van der Waals surface area (Å²) in [6.45, 7) is 2.45. The molecule has 0 radical (unpaired) electrons. The predicted octanol–water partition coefficient (Wildman–Crippen LogP) is 3.19. The molecule has 1 heterocycles. The number of fused-ring (bicyclic) bond motifs is 1. The number of rotatable bonds is 4. The molecule has 3 rings (SSSR count). The Morgan fingerprint density at radius 2 is 1.95 bits per heavy atom. The van der Waals surface area contributed by atoms with Gasteiger partial charge in [-0.15, -0.1) is 0 Å². The molecule has 0 N–H and O–H groups in total. The summed E-state index contributed by atoms with van der Waals surface area (Å²) in [4.78, 5) is 11.7. The van der Waals surface area contributed by atoms with Crippen LogP contribution in [0.25, 0.3) is 11.1 Å². The first kappa shape index (κ1) is 13.5. The molecule has 21 heavy (non-hydrogen) atoms. The molecule has 2 aromatic carbocycles. The van der Waals surface area contributed by atoms with Gasteiger partial charge in [0.25, 0.3) is 0 Å². The predicted molar refractivity (Wildman–Crippen MR) is 78.3 cm³/mol. The quantitative estimate of drug-likeness (QED) is 0.809. The molecule has 0 saturated heterocycles. The summed E-state index contributed by atoms with van der Waals surface area (Å²) in [6, 6.07) is 13.6. The van der Waals surface area contributed by atoms with E-state index in [0.717, 1.165) is 28.2 Å². The lowest BCUT2D eigenvalue weighted by atomic mass is 9.97. The Labute approximate surface area is 123 Å². The van der Waals surface area contributed by atoms with E-state index in [2.05, 4.69) is 0 Å². The molecule has 1 aliphatic rings. The maximum atomic E-state index is 11.7. The Hall–Kier alpha value is -2.49. The summed E-state index contributed by atoms with van der Waals surface area (Å²) in [5, 5.41) is 0. The molecule has 1 aliphatic heterocycles. The van der Waals surface area contributed by atoms with Gasteiger partial charge >= 0.3 is 5.97 Å². The number of hydrogen-bond donors (Lipinski definition) is 0. The molecular formula is C17H16O4. The highest BCUT2D eigenvalue weighted by Crippen LogP contribution is 2.36. The van der Waals surface area contributed by atoms with Crippen molar-refractivity contribution in [2.45, 2.75) is 13.3 Å². The molecule has 0 atom stereocenters. The van der Waals surface area contributed by atoms with E-state index in [4.69, 9.17) is 14.2 Å². The first-order valence-electron chi connectivity index (χ1n) is 6.91. The van der Waals surface area contributed by atoms with E-state index >= 15 is 0 Å². The summed E-state index contributed by atoms with van der Waals surface area (Å²) < 4.78 is 15.8. The number of ether oxygens (including phenoxy) is 3. The minimum atomic E-state index is -0.217. The van der Waals surface area contributed by atoms with Gasteiger partial charge in [0.2, 0.25) is 6.79 Å². The molecular weight excluding hydrogens is 268 g/mol. The Balaban J connectivity index is 1.93. The monoisotopic (exact) mass is 284 g/mol. The van der Waals surface area contributed by atoms with Crippen LogP contribution in [0.5, 0.6) is 11.5 Å². The van der Waals surface area contributed by atoms with Crippen molar-refractivity contribution in [1.29, 1.82) is 0 Å². The van der Waals surface area contributed by atoms with Crippen molar-refractivity contribution in [2.24, 2.45) is 0 Å². The third-order valence-corrected chi connectivity index (χ3v) is 3.34. The van der Waals surface area contributed by atoms with Gasteiger partial charge in [0.15, 0.2) is 11.5 Å². The molecule has 0 saturated carbocycles. The van der Waals surface area contributed by atoms with E-state index in [1.54, 1.807) is 0 Å². The van der Waals surface area contributed by atoms with Crippen molar-refractivity contribution in [3.8, 4) is 22.6 Å². The molecule has 0 fully saturated rings. The van der Waals surface area contributed by atoms with Crippen molar-refractivity contribution in [2.75, 3.05) is 13.4 Å². The second-order valence-corrected chi connectivity index (χ2v) is 4.71. The minimum absolute atomic E-state index is 0.217. The lowest BCUT2D eigenvalue weighted by molar-refractivity contribution is -0.142. The van der Waals surface area contributed by atoms with Gasteiger partial charge in [-0.3, -0.25) is 4.79 Å². The highest BCUT2D eigenvalue weighted by molar-refractivity contribution is 5.78. The van der Waals surface area contributed by atoms with Gasteiger partial charge in [-0.25, -0.2) is 0 Å². The first-order chi connectivity index (χ1) is 10.3. The molecule has 108 valence electrons. The average Bonchev–Trinajstić information content (AvgIpc) is 2.95. The van der Waals surface area contributed by atoms with Gasteiger partial charge in [-0.2, -0.15) is 0 Å². The van der Waals surface area contributed by atoms with Gasteiger partial charge in [0, 0.05) is 0 Å². The maximum absolute atomic E-state index is 11.7. The van der Waals surface area contributed by atoms with E-state index < -0.39 is 0 Å². The second kappa shape index (κ2) is 5.87. The molecule has 0 spiro atoms. The second-order valence-electron chi connectivity index (χ2n) is 4.71. The van der Waals surface area contributed by atoms with Crippen LogP contribution in [0.2, 0.25) is 0 Å². The van der Waals surface area contributed by atoms with Crippen molar-refractivity contribution in [3.63, 3.8) is 0 Å². The molecule has 2 aromatic rings.